The van der Waals surface area contributed by atoms with Crippen molar-refractivity contribution in [3.05, 3.63) is 89.5 Å². The van der Waals surface area contributed by atoms with E-state index in [4.69, 9.17) is 19.3 Å². The van der Waals surface area contributed by atoms with Crippen molar-refractivity contribution in [1.82, 2.24) is 15.1 Å². The second kappa shape index (κ2) is 11.8. The average molecular weight is 597 g/mol. The van der Waals surface area contributed by atoms with Crippen LogP contribution in [0.5, 0.6) is 11.5 Å². The molecule has 3 aromatic carbocycles. The molecule has 3 aliphatic heterocycles. The van der Waals surface area contributed by atoms with E-state index in [1.807, 2.05) is 84.4 Å². The van der Waals surface area contributed by atoms with Gasteiger partial charge in [-0.15, -0.1) is 11.8 Å². The van der Waals surface area contributed by atoms with E-state index in [1.54, 1.807) is 4.90 Å². The minimum absolute atomic E-state index is 0.00722. The van der Waals surface area contributed by atoms with Crippen LogP contribution in [0.1, 0.15) is 34.8 Å². The summed E-state index contributed by atoms with van der Waals surface area (Å²) in [7, 11) is 0. The first-order chi connectivity index (χ1) is 21.0. The van der Waals surface area contributed by atoms with Crippen molar-refractivity contribution in [3.8, 4) is 28.4 Å². The van der Waals surface area contributed by atoms with Gasteiger partial charge >= 0.3 is 0 Å². The summed E-state index contributed by atoms with van der Waals surface area (Å²) < 4.78 is 18.8. The highest BCUT2D eigenvalue weighted by molar-refractivity contribution is 8.00. The van der Waals surface area contributed by atoms with E-state index < -0.39 is 0 Å². The Kier molecular flexibility index (Phi) is 7.54. The number of amides is 2. The highest BCUT2D eigenvalue weighted by atomic mass is 32.2. The quantitative estimate of drug-likeness (QED) is 0.319. The molecule has 4 heterocycles. The summed E-state index contributed by atoms with van der Waals surface area (Å²) in [6, 6.07) is 23.9. The Morgan fingerprint density at radius 3 is 2.72 bits per heavy atom. The summed E-state index contributed by atoms with van der Waals surface area (Å²) in [4.78, 5) is 28.9. The molecule has 0 bridgehead atoms. The molecule has 7 rings (SSSR count). The topological polar surface area (TPSA) is 94.9 Å². The fourth-order valence-electron chi connectivity index (χ4n) is 5.84. The molecule has 43 heavy (non-hydrogen) atoms. The van der Waals surface area contributed by atoms with Crippen LogP contribution in [0.3, 0.4) is 0 Å². The van der Waals surface area contributed by atoms with Crippen molar-refractivity contribution in [2.75, 3.05) is 37.1 Å². The van der Waals surface area contributed by atoms with Gasteiger partial charge < -0.3 is 19.5 Å². The predicted octanol–water partition coefficient (Wildman–Crippen LogP) is 5.04. The molecule has 0 radical (unpaired) electrons. The van der Waals surface area contributed by atoms with Gasteiger partial charge in [-0.25, -0.2) is 4.68 Å². The van der Waals surface area contributed by atoms with Gasteiger partial charge in [0, 0.05) is 24.3 Å². The molecule has 0 aliphatic carbocycles. The number of fused-ring (bicyclic) bond motifs is 2. The van der Waals surface area contributed by atoms with Gasteiger partial charge in [0.05, 0.1) is 28.5 Å². The lowest BCUT2D eigenvalue weighted by Crippen LogP contribution is -2.44. The molecular weight excluding hydrogens is 564 g/mol. The Labute approximate surface area is 254 Å². The molecule has 3 aliphatic rings. The lowest BCUT2D eigenvalue weighted by Gasteiger charge is -2.23. The lowest BCUT2D eigenvalue weighted by molar-refractivity contribution is -0.123. The summed E-state index contributed by atoms with van der Waals surface area (Å²) in [5.41, 5.74) is 5.39. The first-order valence-corrected chi connectivity index (χ1v) is 15.6. The molecule has 1 aromatic heterocycles. The van der Waals surface area contributed by atoms with E-state index in [2.05, 4.69) is 5.32 Å². The number of nitrogens with zero attached hydrogens (tertiary/aromatic N) is 3. The molecule has 1 fully saturated rings. The zero-order valence-corrected chi connectivity index (χ0v) is 24.6. The molecule has 220 valence electrons. The van der Waals surface area contributed by atoms with E-state index in [0.29, 0.717) is 30.5 Å². The number of nitrogens with one attached hydrogen (secondary N) is 1. The third-order valence-corrected chi connectivity index (χ3v) is 9.19. The van der Waals surface area contributed by atoms with Crippen LogP contribution in [0.25, 0.3) is 16.9 Å². The van der Waals surface area contributed by atoms with Gasteiger partial charge in [-0.3, -0.25) is 14.5 Å². The fraction of sp³-hybridized carbons (Fsp3) is 0.303. The Hall–Kier alpha value is -4.28. The van der Waals surface area contributed by atoms with E-state index in [9.17, 15) is 9.59 Å². The van der Waals surface area contributed by atoms with Crippen LogP contribution in [0, 0.1) is 6.92 Å². The van der Waals surface area contributed by atoms with Crippen molar-refractivity contribution >= 4 is 29.4 Å². The van der Waals surface area contributed by atoms with Gasteiger partial charge in [0.15, 0.2) is 11.5 Å². The third-order valence-electron chi connectivity index (χ3n) is 7.93. The number of ether oxygens (including phenoxy) is 3. The van der Waals surface area contributed by atoms with Gasteiger partial charge in [-0.05, 0) is 55.2 Å². The Balaban J connectivity index is 1.39. The van der Waals surface area contributed by atoms with Crippen LogP contribution in [-0.4, -0.2) is 59.9 Å². The maximum absolute atomic E-state index is 13.9. The first kappa shape index (κ1) is 27.5. The standard InChI is InChI=1S/C33H32N4O5S/c1-21-7-5-10-24(15-21)37-33-30(31(35-37)22-8-3-2-4-9-22)32(23-12-13-26-27(16-23)42-20-41-26)43-19-29(39)36(33)18-28(38)34-17-25-11-6-14-40-25/h2-5,7-10,12-13,15-16,25,32H,6,11,14,17-20H2,1H3,(H,34,38)/t25-,32-/m1/s1. The summed E-state index contributed by atoms with van der Waals surface area (Å²) in [6.45, 7) is 3.21. The van der Waals surface area contributed by atoms with E-state index >= 15 is 0 Å². The number of hydrogen-bond acceptors (Lipinski definition) is 7. The summed E-state index contributed by atoms with van der Waals surface area (Å²) >= 11 is 1.53. The van der Waals surface area contributed by atoms with Crippen molar-refractivity contribution in [1.29, 1.82) is 0 Å². The maximum atomic E-state index is 13.9. The van der Waals surface area contributed by atoms with Crippen molar-refractivity contribution in [3.63, 3.8) is 0 Å². The molecule has 1 N–H and O–H groups in total. The Morgan fingerprint density at radius 1 is 1.05 bits per heavy atom. The number of carbonyl (C=O) groups excluding carboxylic acids is 2. The van der Waals surface area contributed by atoms with Crippen LogP contribution in [0.2, 0.25) is 0 Å². The molecule has 2 atom stereocenters. The molecule has 9 nitrogen and oxygen atoms in total. The smallest absolute Gasteiger partial charge is 0.240 e. The number of anilines is 1. The molecule has 0 spiro atoms. The second-order valence-electron chi connectivity index (χ2n) is 10.9. The summed E-state index contributed by atoms with van der Waals surface area (Å²) in [5.74, 6) is 1.76. The van der Waals surface area contributed by atoms with Crippen LogP contribution in [-0.2, 0) is 14.3 Å². The number of thioether (sulfide) groups is 1. The zero-order valence-electron chi connectivity index (χ0n) is 23.8. The number of aromatic nitrogens is 2. The number of carbonyl (C=O) groups is 2. The van der Waals surface area contributed by atoms with Gasteiger partial charge in [-0.1, -0.05) is 48.5 Å². The molecular formula is C33H32N4O5S. The fourth-order valence-corrected chi connectivity index (χ4v) is 7.03. The van der Waals surface area contributed by atoms with Crippen LogP contribution in [0.4, 0.5) is 5.82 Å². The molecule has 2 amide bonds. The largest absolute Gasteiger partial charge is 0.454 e. The minimum atomic E-state index is -0.262. The summed E-state index contributed by atoms with van der Waals surface area (Å²) in [5, 5.41) is 7.90. The molecule has 10 heteroatoms. The van der Waals surface area contributed by atoms with Crippen molar-refractivity contribution in [2.45, 2.75) is 31.1 Å². The van der Waals surface area contributed by atoms with E-state index in [1.165, 1.54) is 11.8 Å². The monoisotopic (exact) mass is 596 g/mol. The normalized spacial score (nSPS) is 19.3. The molecule has 1 saturated heterocycles. The van der Waals surface area contributed by atoms with E-state index in [-0.39, 0.29) is 42.3 Å². The Bertz CT molecular complexity index is 1670. The van der Waals surface area contributed by atoms with Gasteiger partial charge in [0.25, 0.3) is 0 Å². The average Bonchev–Trinajstić information content (AvgIpc) is 3.78. The van der Waals surface area contributed by atoms with Gasteiger partial charge in [0.2, 0.25) is 18.6 Å². The SMILES string of the molecule is Cc1cccc(-n2nc(-c3ccccc3)c3c2N(CC(=O)NC[C@H]2CCCO2)C(=O)CS[C@@H]3c2ccc3c(c2)OCO3)c1. The van der Waals surface area contributed by atoms with Crippen molar-refractivity contribution < 1.29 is 23.8 Å². The maximum Gasteiger partial charge on any atom is 0.240 e. The predicted molar refractivity (Wildman–Crippen MR) is 165 cm³/mol. The molecule has 4 aromatic rings. The van der Waals surface area contributed by atoms with Crippen molar-refractivity contribution in [2.24, 2.45) is 0 Å². The highest BCUT2D eigenvalue weighted by Crippen LogP contribution is 2.50. The Morgan fingerprint density at radius 2 is 1.91 bits per heavy atom. The van der Waals surface area contributed by atoms with Crippen LogP contribution in [0.15, 0.2) is 72.8 Å². The van der Waals surface area contributed by atoms with Crippen LogP contribution >= 0.6 is 11.8 Å². The molecule has 0 saturated carbocycles. The van der Waals surface area contributed by atoms with Crippen LogP contribution < -0.4 is 19.7 Å². The molecule has 0 unspecified atom stereocenters. The number of benzene rings is 3. The zero-order chi connectivity index (χ0) is 29.3. The number of rotatable bonds is 7. The highest BCUT2D eigenvalue weighted by Gasteiger charge is 2.38. The summed E-state index contributed by atoms with van der Waals surface area (Å²) in [6.07, 6.45) is 1.92. The second-order valence-corrected chi connectivity index (χ2v) is 12.0. The van der Waals surface area contributed by atoms with Gasteiger partial charge in [0.1, 0.15) is 12.4 Å². The number of aryl methyl sites for hydroxylation is 1. The van der Waals surface area contributed by atoms with E-state index in [0.717, 1.165) is 46.5 Å². The first-order valence-electron chi connectivity index (χ1n) is 14.5. The van der Waals surface area contributed by atoms with Gasteiger partial charge in [-0.2, -0.15) is 5.10 Å². The third kappa shape index (κ3) is 5.48. The number of hydrogen-bond donors (Lipinski definition) is 1. The minimum Gasteiger partial charge on any atom is -0.454 e. The lowest BCUT2D eigenvalue weighted by atomic mass is 9.99.